The smallest absolute Gasteiger partial charge is 0.0654 e. The fourth-order valence-electron chi connectivity index (χ4n) is 8.44. The van der Waals surface area contributed by atoms with Crippen LogP contribution in [0.25, 0.3) is 0 Å². The van der Waals surface area contributed by atoms with Crippen molar-refractivity contribution in [1.82, 2.24) is 0 Å². The standard InChI is InChI=1S/2C16H28O4.2C12H25.Sn/c2*1-2-3-4-5-6-7-8-9-10-11-14-20-16(19)13-12-15(17)18;2*1-3-5-7-9-11-12-10-8-6-4-2;/h2*12-13H,2-11,14H2,1H3,(H,17,18);2*1,3-12H2,2H3;/q;;;;+2/p-2/b2*13-12-;;;. The first kappa shape index (κ1) is 63.2. The van der Waals surface area contributed by atoms with Crippen molar-refractivity contribution in [1.29, 1.82) is 0 Å². The van der Waals surface area contributed by atoms with Crippen molar-refractivity contribution in [3.63, 3.8) is 0 Å². The Morgan fingerprint density at radius 3 is 0.723 bits per heavy atom. The first-order chi connectivity index (χ1) is 31.8. The quantitative estimate of drug-likeness (QED) is 0.0257. The fourth-order valence-corrected chi connectivity index (χ4v) is 17.4. The van der Waals surface area contributed by atoms with E-state index in [1.54, 1.807) is 0 Å². The maximum absolute atomic E-state index is 13.5. The van der Waals surface area contributed by atoms with E-state index in [4.69, 9.17) is 15.6 Å². The minimum Gasteiger partial charge on any atom is -0.0654 e. The summed E-state index contributed by atoms with van der Waals surface area (Å²) in [6, 6.07) is 0. The predicted molar refractivity (Wildman–Crippen MR) is 275 cm³/mol. The van der Waals surface area contributed by atoms with Crippen LogP contribution in [0.4, 0.5) is 0 Å². The summed E-state index contributed by atoms with van der Waals surface area (Å²) in [5.41, 5.74) is 0. The van der Waals surface area contributed by atoms with Crippen molar-refractivity contribution in [3.8, 4) is 0 Å². The van der Waals surface area contributed by atoms with Crippen molar-refractivity contribution in [2.45, 2.75) is 293 Å². The Hall–Kier alpha value is -1.84. The van der Waals surface area contributed by atoms with Crippen molar-refractivity contribution >= 4 is 43.1 Å². The molecule has 0 rings (SSSR count). The Kier molecular flexibility index (Phi) is 48.6. The number of hydrogen-bond acceptors (Lipinski definition) is 8. The number of ether oxygens (including phenoxy) is 2. The van der Waals surface area contributed by atoms with Gasteiger partial charge in [0.1, 0.15) is 0 Å². The number of hydrogen-bond donors (Lipinski definition) is 0. The summed E-state index contributed by atoms with van der Waals surface area (Å²) >= 11 is -4.46. The molecule has 0 atom stereocenters. The Bertz CT molecular complexity index is 1070. The van der Waals surface area contributed by atoms with E-state index >= 15 is 0 Å². The van der Waals surface area contributed by atoms with Gasteiger partial charge in [-0.25, -0.2) is 0 Å². The van der Waals surface area contributed by atoms with Gasteiger partial charge in [-0.1, -0.05) is 78.1 Å². The average molecular weight is 1020 g/mol. The van der Waals surface area contributed by atoms with E-state index in [9.17, 15) is 19.2 Å². The van der Waals surface area contributed by atoms with Crippen molar-refractivity contribution < 1.29 is 34.8 Å². The summed E-state index contributed by atoms with van der Waals surface area (Å²) < 4.78 is 24.5. The van der Waals surface area contributed by atoms with E-state index in [0.717, 1.165) is 101 Å². The minimum atomic E-state index is -4.46. The summed E-state index contributed by atoms with van der Waals surface area (Å²) in [5.74, 6) is -2.47. The Morgan fingerprint density at radius 1 is 0.277 bits per heavy atom. The third-order valence-corrected chi connectivity index (χ3v) is 22.2. The molecule has 8 nitrogen and oxygen atoms in total. The SMILES string of the molecule is CCCCCCCCCCCCOC(=O)/C=C\C(=O)[O][Sn]([CH2]CCCCCCCCCCC)([CH2]CCCCCCCCCCC)[O]C(=O)/C=C\C(=O)OCCCCCCCCCCCC. The molecular weight excluding hydrogens is 919 g/mol. The topological polar surface area (TPSA) is 105 Å². The third-order valence-electron chi connectivity index (χ3n) is 12.6. The molecule has 0 heterocycles. The molecule has 0 bridgehead atoms. The van der Waals surface area contributed by atoms with E-state index < -0.39 is 43.1 Å². The van der Waals surface area contributed by atoms with Crippen LogP contribution in [-0.4, -0.2) is 56.3 Å². The molecule has 0 aliphatic rings. The minimum absolute atomic E-state index is 0.320. The second-order valence-electron chi connectivity index (χ2n) is 19.0. The number of esters is 2. The number of carbonyl (C=O) groups is 4. The molecule has 0 spiro atoms. The van der Waals surface area contributed by atoms with Crippen LogP contribution in [0.1, 0.15) is 285 Å². The molecule has 65 heavy (non-hydrogen) atoms. The van der Waals surface area contributed by atoms with Crippen LogP contribution in [-0.2, 0) is 34.8 Å². The van der Waals surface area contributed by atoms with Crippen molar-refractivity contribution in [2.24, 2.45) is 0 Å². The van der Waals surface area contributed by atoms with Crippen LogP contribution in [0.2, 0.25) is 8.87 Å². The van der Waals surface area contributed by atoms with Gasteiger partial charge in [0.2, 0.25) is 0 Å². The first-order valence-electron chi connectivity index (χ1n) is 28.0. The Labute approximate surface area is 406 Å². The molecule has 0 aliphatic heterocycles. The van der Waals surface area contributed by atoms with Gasteiger partial charge in [0.05, 0.1) is 0 Å². The van der Waals surface area contributed by atoms with Crippen molar-refractivity contribution in [2.75, 3.05) is 13.2 Å². The van der Waals surface area contributed by atoms with Gasteiger partial charge in [0, 0.05) is 0 Å². The fraction of sp³-hybridized carbons (Fsp3) is 0.857. The maximum atomic E-state index is 13.5. The number of unbranched alkanes of at least 4 members (excludes halogenated alkanes) is 36. The molecule has 380 valence electrons. The average Bonchev–Trinajstić information content (AvgIpc) is 3.29. The molecule has 0 fully saturated rings. The molecule has 0 N–H and O–H groups in total. The van der Waals surface area contributed by atoms with Crippen LogP contribution < -0.4 is 0 Å². The first-order valence-corrected chi connectivity index (χ1v) is 34.3. The molecule has 0 radical (unpaired) electrons. The summed E-state index contributed by atoms with van der Waals surface area (Å²) in [5, 5.41) is 0. The second kappa shape index (κ2) is 50.0. The number of carbonyl (C=O) groups excluding carboxylic acids is 4. The van der Waals surface area contributed by atoms with Crippen molar-refractivity contribution in [3.05, 3.63) is 24.3 Å². The van der Waals surface area contributed by atoms with Crippen LogP contribution in [0.3, 0.4) is 0 Å². The Balaban J connectivity index is 5.48. The molecule has 0 aliphatic carbocycles. The zero-order chi connectivity index (χ0) is 47.6. The molecule has 0 aromatic heterocycles. The monoisotopic (exact) mass is 1020 g/mol. The van der Waals surface area contributed by atoms with E-state index in [0.29, 0.717) is 22.1 Å². The van der Waals surface area contributed by atoms with Crippen LogP contribution >= 0.6 is 0 Å². The van der Waals surface area contributed by atoms with Crippen LogP contribution in [0.15, 0.2) is 24.3 Å². The van der Waals surface area contributed by atoms with E-state index in [1.165, 1.54) is 180 Å². The van der Waals surface area contributed by atoms with Gasteiger partial charge in [-0.15, -0.1) is 0 Å². The van der Waals surface area contributed by atoms with Crippen LogP contribution in [0, 0.1) is 0 Å². The van der Waals surface area contributed by atoms with E-state index in [2.05, 4.69) is 27.7 Å². The zero-order valence-corrected chi connectivity index (χ0v) is 46.0. The molecule has 0 aromatic carbocycles. The molecule has 0 unspecified atom stereocenters. The molecular formula is C56H104O8Sn. The summed E-state index contributed by atoms with van der Waals surface area (Å²) in [7, 11) is 0. The Morgan fingerprint density at radius 2 is 0.477 bits per heavy atom. The van der Waals surface area contributed by atoms with Gasteiger partial charge in [0.15, 0.2) is 0 Å². The molecule has 0 saturated heterocycles. The normalized spacial score (nSPS) is 11.8. The third kappa shape index (κ3) is 45.7. The predicted octanol–water partition coefficient (Wildman–Crippen LogP) is 17.4. The van der Waals surface area contributed by atoms with Gasteiger partial charge in [-0.05, 0) is 0 Å². The van der Waals surface area contributed by atoms with E-state index in [-0.39, 0.29) is 0 Å². The molecule has 0 saturated carbocycles. The van der Waals surface area contributed by atoms with Gasteiger partial charge in [-0.2, -0.15) is 0 Å². The summed E-state index contributed by atoms with van der Waals surface area (Å²) in [6.45, 7) is 9.60. The molecule has 9 heteroatoms. The van der Waals surface area contributed by atoms with E-state index in [1.807, 2.05) is 0 Å². The molecule has 0 amide bonds. The summed E-state index contributed by atoms with van der Waals surface area (Å²) in [4.78, 5) is 52.1. The van der Waals surface area contributed by atoms with Gasteiger partial charge in [-0.3, -0.25) is 0 Å². The van der Waals surface area contributed by atoms with Gasteiger partial charge < -0.3 is 0 Å². The molecule has 0 aromatic rings. The van der Waals surface area contributed by atoms with Crippen LogP contribution in [0.5, 0.6) is 0 Å². The summed E-state index contributed by atoms with van der Waals surface area (Å²) in [6.07, 6.45) is 51.8. The number of rotatable bonds is 50. The second-order valence-corrected chi connectivity index (χ2v) is 28.2. The zero-order valence-electron chi connectivity index (χ0n) is 43.2. The van der Waals surface area contributed by atoms with Gasteiger partial charge >= 0.3 is 331 Å². The van der Waals surface area contributed by atoms with Gasteiger partial charge in [0.25, 0.3) is 0 Å².